The number of aromatic amines is 1. The van der Waals surface area contributed by atoms with Crippen molar-refractivity contribution in [3.8, 4) is 0 Å². The van der Waals surface area contributed by atoms with Crippen molar-refractivity contribution in [2.45, 2.75) is 66.7 Å². The summed E-state index contributed by atoms with van der Waals surface area (Å²) < 4.78 is 12.2. The zero-order chi connectivity index (χ0) is 21.9. The van der Waals surface area contributed by atoms with Gasteiger partial charge in [0, 0.05) is 17.8 Å². The van der Waals surface area contributed by atoms with Crippen LogP contribution in [-0.2, 0) is 14.3 Å². The first-order chi connectivity index (χ1) is 13.5. The smallest absolute Gasteiger partial charge is 0.355 e. The molecule has 2 aromatic heterocycles. The Morgan fingerprint density at radius 2 is 1.72 bits per heavy atom. The molecule has 0 aliphatic carbocycles. The van der Waals surface area contributed by atoms with E-state index in [0.29, 0.717) is 22.6 Å². The van der Waals surface area contributed by atoms with E-state index in [1.54, 1.807) is 44.6 Å². The van der Waals surface area contributed by atoms with Gasteiger partial charge in [0.25, 0.3) is 5.91 Å². The first-order valence-electron chi connectivity index (χ1n) is 9.48. The molecule has 2 aromatic rings. The number of hydrogen-bond acceptors (Lipinski definition) is 6. The van der Waals surface area contributed by atoms with Crippen molar-refractivity contribution in [2.75, 3.05) is 5.32 Å². The summed E-state index contributed by atoms with van der Waals surface area (Å²) in [7, 11) is 0. The second-order valence-corrected chi connectivity index (χ2v) is 7.37. The molecule has 0 aliphatic heterocycles. The topological polar surface area (TPSA) is 115 Å². The summed E-state index contributed by atoms with van der Waals surface area (Å²) in [5.41, 5.74) is 1.33. The number of ether oxygens (including phenoxy) is 2. The Hall–Kier alpha value is -3.10. The Morgan fingerprint density at radius 1 is 1.07 bits per heavy atom. The van der Waals surface area contributed by atoms with Crippen molar-refractivity contribution in [1.82, 2.24) is 14.8 Å². The highest BCUT2D eigenvalue weighted by atomic mass is 16.6. The van der Waals surface area contributed by atoms with Gasteiger partial charge >= 0.3 is 11.9 Å². The summed E-state index contributed by atoms with van der Waals surface area (Å²) in [6, 6.07) is 1.73. The van der Waals surface area contributed by atoms with Crippen molar-refractivity contribution in [3.63, 3.8) is 0 Å². The quantitative estimate of drug-likeness (QED) is 0.685. The second-order valence-electron chi connectivity index (χ2n) is 7.37. The van der Waals surface area contributed by atoms with Gasteiger partial charge in [0.1, 0.15) is 11.5 Å². The van der Waals surface area contributed by atoms with Crippen LogP contribution in [0.15, 0.2) is 12.3 Å². The molecule has 2 heterocycles. The minimum Gasteiger partial charge on any atom is -0.459 e. The molecule has 2 rings (SSSR count). The maximum Gasteiger partial charge on any atom is 0.355 e. The summed E-state index contributed by atoms with van der Waals surface area (Å²) in [6.45, 7) is 12.1. The molecule has 1 amide bonds. The van der Waals surface area contributed by atoms with E-state index in [4.69, 9.17) is 9.47 Å². The van der Waals surface area contributed by atoms with Gasteiger partial charge in [-0.15, -0.1) is 0 Å². The maximum absolute atomic E-state index is 12.6. The lowest BCUT2D eigenvalue weighted by Crippen LogP contribution is -2.31. The summed E-state index contributed by atoms with van der Waals surface area (Å²) in [5.74, 6) is -1.22. The first-order valence-corrected chi connectivity index (χ1v) is 9.48. The lowest BCUT2D eigenvalue weighted by atomic mass is 10.1. The number of anilines is 1. The second kappa shape index (κ2) is 8.93. The molecule has 0 saturated heterocycles. The van der Waals surface area contributed by atoms with Gasteiger partial charge in [0.15, 0.2) is 6.10 Å². The predicted molar refractivity (Wildman–Crippen MR) is 107 cm³/mol. The molecule has 2 N–H and O–H groups in total. The van der Waals surface area contributed by atoms with Gasteiger partial charge in [0.2, 0.25) is 0 Å². The van der Waals surface area contributed by atoms with Gasteiger partial charge in [-0.25, -0.2) is 14.3 Å². The van der Waals surface area contributed by atoms with E-state index < -0.39 is 23.9 Å². The normalized spacial score (nSPS) is 12.2. The predicted octanol–water partition coefficient (Wildman–Crippen LogP) is 3.16. The molecule has 0 saturated carbocycles. The number of carbonyl (C=O) groups is 3. The highest BCUT2D eigenvalue weighted by Crippen LogP contribution is 2.21. The third kappa shape index (κ3) is 5.04. The number of rotatable bonds is 7. The van der Waals surface area contributed by atoms with E-state index in [-0.39, 0.29) is 17.8 Å². The van der Waals surface area contributed by atoms with Gasteiger partial charge in [-0.05, 0) is 54.0 Å². The summed E-state index contributed by atoms with van der Waals surface area (Å²) in [6.07, 6.45) is 0.247. The van der Waals surface area contributed by atoms with Crippen LogP contribution < -0.4 is 5.32 Å². The van der Waals surface area contributed by atoms with Crippen LogP contribution in [0.2, 0.25) is 0 Å². The van der Waals surface area contributed by atoms with E-state index in [2.05, 4.69) is 15.4 Å². The van der Waals surface area contributed by atoms with Crippen molar-refractivity contribution < 1.29 is 23.9 Å². The van der Waals surface area contributed by atoms with Crippen LogP contribution in [0.1, 0.15) is 72.8 Å². The maximum atomic E-state index is 12.6. The van der Waals surface area contributed by atoms with Crippen LogP contribution in [-0.4, -0.2) is 44.8 Å². The number of H-pyrrole nitrogens is 1. The SMILES string of the molecule is Cc1[nH]c(C(=O)O[C@@H](C)C(=O)Nc2ccnn2C(C)C)c(C)c1C(=O)OC(C)C. The standard InChI is InChI=1S/C20H28N4O5/c1-10(2)24-15(8-9-21-24)23-18(25)14(7)29-20(27)17-12(5)16(13(6)22-17)19(26)28-11(3)4/h8-11,14,22H,1-7H3,(H,23,25)/t14-/m0/s1. The molecule has 9 heteroatoms. The van der Waals surface area contributed by atoms with E-state index >= 15 is 0 Å². The van der Waals surface area contributed by atoms with Gasteiger partial charge in [-0.3, -0.25) is 4.79 Å². The van der Waals surface area contributed by atoms with Gasteiger partial charge in [-0.1, -0.05) is 0 Å². The fraction of sp³-hybridized carbons (Fsp3) is 0.500. The molecule has 0 aliphatic rings. The average molecular weight is 404 g/mol. The molecule has 9 nitrogen and oxygen atoms in total. The van der Waals surface area contributed by atoms with E-state index in [1.807, 2.05) is 13.8 Å². The molecule has 0 spiro atoms. The molecule has 0 radical (unpaired) electrons. The van der Waals surface area contributed by atoms with E-state index in [1.165, 1.54) is 6.92 Å². The Kier molecular flexibility index (Phi) is 6.84. The molecular weight excluding hydrogens is 376 g/mol. The monoisotopic (exact) mass is 404 g/mol. The highest BCUT2D eigenvalue weighted by molar-refractivity contribution is 6.00. The van der Waals surface area contributed by atoms with Crippen LogP contribution in [0.5, 0.6) is 0 Å². The molecule has 0 unspecified atom stereocenters. The van der Waals surface area contributed by atoms with Crippen molar-refractivity contribution in [2.24, 2.45) is 0 Å². The minimum atomic E-state index is -1.05. The first kappa shape index (κ1) is 22.2. The van der Waals surface area contributed by atoms with E-state index in [0.717, 1.165) is 0 Å². The third-order valence-electron chi connectivity index (χ3n) is 4.25. The minimum absolute atomic E-state index is 0.0618. The highest BCUT2D eigenvalue weighted by Gasteiger charge is 2.27. The fourth-order valence-corrected chi connectivity index (χ4v) is 2.86. The largest absolute Gasteiger partial charge is 0.459 e. The summed E-state index contributed by atoms with van der Waals surface area (Å²) in [4.78, 5) is 40.1. The summed E-state index contributed by atoms with van der Waals surface area (Å²) in [5, 5.41) is 6.84. The van der Waals surface area contributed by atoms with Crippen LogP contribution in [0.25, 0.3) is 0 Å². The third-order valence-corrected chi connectivity index (χ3v) is 4.25. The average Bonchev–Trinajstić information content (AvgIpc) is 3.18. The lowest BCUT2D eigenvalue weighted by Gasteiger charge is -2.15. The number of hydrogen-bond donors (Lipinski definition) is 2. The van der Waals surface area contributed by atoms with Crippen LogP contribution >= 0.6 is 0 Å². The molecule has 29 heavy (non-hydrogen) atoms. The molecule has 0 bridgehead atoms. The van der Waals surface area contributed by atoms with Crippen molar-refractivity contribution in [1.29, 1.82) is 0 Å². The lowest BCUT2D eigenvalue weighted by molar-refractivity contribution is -0.123. The fourth-order valence-electron chi connectivity index (χ4n) is 2.86. The number of aryl methyl sites for hydroxylation is 1. The van der Waals surface area contributed by atoms with Gasteiger partial charge in [0.05, 0.1) is 17.9 Å². The van der Waals surface area contributed by atoms with Crippen molar-refractivity contribution in [3.05, 3.63) is 34.8 Å². The van der Waals surface area contributed by atoms with Gasteiger partial charge in [-0.2, -0.15) is 5.10 Å². The Morgan fingerprint density at radius 3 is 2.31 bits per heavy atom. The number of aromatic nitrogens is 3. The Labute approximate surface area is 169 Å². The molecule has 158 valence electrons. The number of nitrogens with one attached hydrogen (secondary N) is 2. The number of nitrogens with zero attached hydrogens (tertiary/aromatic N) is 2. The van der Waals surface area contributed by atoms with E-state index in [9.17, 15) is 14.4 Å². The molecule has 0 aromatic carbocycles. The van der Waals surface area contributed by atoms with Gasteiger partial charge < -0.3 is 19.8 Å². The zero-order valence-electron chi connectivity index (χ0n) is 17.8. The molecular formula is C20H28N4O5. The van der Waals surface area contributed by atoms with Crippen LogP contribution in [0, 0.1) is 13.8 Å². The number of esters is 2. The molecule has 0 fully saturated rings. The number of amides is 1. The number of carbonyl (C=O) groups excluding carboxylic acids is 3. The van der Waals surface area contributed by atoms with Crippen LogP contribution in [0.4, 0.5) is 5.82 Å². The Bertz CT molecular complexity index is 910. The molecule has 1 atom stereocenters. The van der Waals surface area contributed by atoms with Crippen molar-refractivity contribution >= 4 is 23.7 Å². The Balaban J connectivity index is 2.10. The zero-order valence-corrected chi connectivity index (χ0v) is 17.8. The van der Waals surface area contributed by atoms with Crippen LogP contribution in [0.3, 0.4) is 0 Å². The summed E-state index contributed by atoms with van der Waals surface area (Å²) >= 11 is 0.